The van der Waals surface area contributed by atoms with Gasteiger partial charge in [-0.25, -0.2) is 9.78 Å². The van der Waals surface area contributed by atoms with Gasteiger partial charge in [0.05, 0.1) is 30.8 Å². The predicted molar refractivity (Wildman–Crippen MR) is 188 cm³/mol. The normalized spacial score (nSPS) is 20.8. The zero-order chi connectivity index (χ0) is 33.8. The van der Waals surface area contributed by atoms with Crippen molar-refractivity contribution in [2.75, 3.05) is 18.7 Å². The Labute approximate surface area is 273 Å². The molecule has 0 aliphatic carbocycles. The second-order valence-corrected chi connectivity index (χ2v) is 31.8. The first kappa shape index (κ1) is 37.2. The lowest BCUT2D eigenvalue weighted by atomic mass is 10.2. The molecule has 0 radical (unpaired) electrons. The van der Waals surface area contributed by atoms with E-state index in [4.69, 9.17) is 34.9 Å². The number of fused-ring (bicyclic) bond motifs is 1. The highest BCUT2D eigenvalue weighted by molar-refractivity contribution is 6.83. The van der Waals surface area contributed by atoms with E-state index in [2.05, 4.69) is 112 Å². The fraction of sp³-hybridized carbons (Fsp3) is 0.774. The SMILES string of the molecule is COC(=O)c1cn(C2CC(O[Si](C)(C)C(C)(C)C)C(CO[Si](C)(C)C(C)(C)C)O2)c2nc(N[Si](C)(C)C(C)(C)C)nc(Cl)c12. The number of halogens is 1. The minimum Gasteiger partial charge on any atom is -0.465 e. The van der Waals surface area contributed by atoms with Crippen LogP contribution in [0.2, 0.25) is 59.5 Å². The van der Waals surface area contributed by atoms with Crippen LogP contribution in [0, 0.1) is 0 Å². The molecular formula is C31H57ClN4O5Si3. The van der Waals surface area contributed by atoms with Gasteiger partial charge >= 0.3 is 5.97 Å². The summed E-state index contributed by atoms with van der Waals surface area (Å²) in [5, 5.41) is 0.774. The Bertz CT molecular complexity index is 1360. The van der Waals surface area contributed by atoms with Crippen molar-refractivity contribution in [1.29, 1.82) is 0 Å². The standard InChI is InChI=1S/C31H57ClN4O5Si3/c1-29(2,3)42(11,12)35-28-33-25(32)24-20(27(37)38-10)18-36(26(24)34-28)23-17-21(41-44(15,16)31(7,8)9)22(40-23)19-39-43(13,14)30(4,5)6/h18,21-23H,17,19H2,1-16H3,(H,33,34,35). The lowest BCUT2D eigenvalue weighted by molar-refractivity contribution is -0.0382. The molecule has 0 bridgehead atoms. The molecule has 250 valence electrons. The number of hydrogen-bond donors (Lipinski definition) is 1. The van der Waals surface area contributed by atoms with E-state index >= 15 is 0 Å². The first-order valence-electron chi connectivity index (χ1n) is 15.6. The molecule has 2 aromatic heterocycles. The van der Waals surface area contributed by atoms with E-state index in [-0.39, 0.29) is 32.5 Å². The molecule has 1 saturated heterocycles. The number of esters is 1. The summed E-state index contributed by atoms with van der Waals surface area (Å²) in [6.45, 7) is 34.0. The molecule has 1 aliphatic heterocycles. The average molecular weight is 686 g/mol. The summed E-state index contributed by atoms with van der Waals surface area (Å²) in [7, 11) is -4.87. The van der Waals surface area contributed by atoms with Crippen molar-refractivity contribution in [3.8, 4) is 0 Å². The number of nitrogens with zero attached hydrogens (tertiary/aromatic N) is 3. The van der Waals surface area contributed by atoms with Crippen LogP contribution in [-0.2, 0) is 18.3 Å². The molecule has 3 heterocycles. The summed E-state index contributed by atoms with van der Waals surface area (Å²) in [5.74, 6) is -0.0658. The smallest absolute Gasteiger partial charge is 0.340 e. The van der Waals surface area contributed by atoms with Crippen molar-refractivity contribution in [2.24, 2.45) is 0 Å². The summed E-state index contributed by atoms with van der Waals surface area (Å²) in [6, 6.07) is 0. The molecule has 0 amide bonds. The van der Waals surface area contributed by atoms with Crippen LogP contribution in [0.3, 0.4) is 0 Å². The summed E-state index contributed by atoms with van der Waals surface area (Å²) in [4.78, 5) is 26.1. The van der Waals surface area contributed by atoms with Gasteiger partial charge in [-0.3, -0.25) is 0 Å². The number of hydrogen-bond acceptors (Lipinski definition) is 8. The third-order valence-electron chi connectivity index (χ3n) is 10.5. The largest absolute Gasteiger partial charge is 0.465 e. The van der Waals surface area contributed by atoms with Crippen LogP contribution in [0.4, 0.5) is 5.95 Å². The lowest BCUT2D eigenvalue weighted by Crippen LogP contribution is -2.48. The van der Waals surface area contributed by atoms with Gasteiger partial charge in [0.2, 0.25) is 5.95 Å². The van der Waals surface area contributed by atoms with E-state index < -0.39 is 37.1 Å². The third kappa shape index (κ3) is 7.63. The van der Waals surface area contributed by atoms with Gasteiger partial charge in [-0.1, -0.05) is 87.0 Å². The number of aromatic nitrogens is 3. The molecule has 1 N–H and O–H groups in total. The molecule has 9 nitrogen and oxygen atoms in total. The minimum absolute atomic E-state index is 0.0270. The maximum Gasteiger partial charge on any atom is 0.340 e. The van der Waals surface area contributed by atoms with E-state index in [0.29, 0.717) is 35.6 Å². The number of methoxy groups -OCH3 is 1. The molecule has 3 rings (SSSR count). The van der Waals surface area contributed by atoms with Crippen LogP contribution < -0.4 is 4.98 Å². The average Bonchev–Trinajstić information content (AvgIpc) is 3.41. The van der Waals surface area contributed by atoms with Gasteiger partial charge in [0.1, 0.15) is 23.1 Å². The van der Waals surface area contributed by atoms with E-state index in [0.717, 1.165) is 0 Å². The minimum atomic E-state index is -2.15. The lowest BCUT2D eigenvalue weighted by Gasteiger charge is -2.40. The third-order valence-corrected chi connectivity index (χ3v) is 24.4. The van der Waals surface area contributed by atoms with Gasteiger partial charge in [0.25, 0.3) is 0 Å². The second-order valence-electron chi connectivity index (χ2n) is 16.8. The number of rotatable bonds is 9. The molecule has 0 aromatic carbocycles. The van der Waals surface area contributed by atoms with E-state index in [1.165, 1.54) is 7.11 Å². The van der Waals surface area contributed by atoms with Crippen molar-refractivity contribution in [3.63, 3.8) is 0 Å². The van der Waals surface area contributed by atoms with Crippen molar-refractivity contribution in [2.45, 2.75) is 142 Å². The fourth-order valence-corrected chi connectivity index (χ4v) is 8.00. The van der Waals surface area contributed by atoms with Crippen molar-refractivity contribution in [3.05, 3.63) is 16.9 Å². The van der Waals surface area contributed by atoms with Crippen molar-refractivity contribution < 1.29 is 23.1 Å². The maximum absolute atomic E-state index is 13.0. The molecule has 44 heavy (non-hydrogen) atoms. The highest BCUT2D eigenvalue weighted by Gasteiger charge is 2.47. The molecular weight excluding hydrogens is 628 g/mol. The van der Waals surface area contributed by atoms with Crippen LogP contribution in [0.25, 0.3) is 11.0 Å². The Hall–Kier alpha value is -1.29. The Balaban J connectivity index is 2.11. The van der Waals surface area contributed by atoms with Gasteiger partial charge < -0.3 is 27.9 Å². The van der Waals surface area contributed by atoms with Crippen LogP contribution >= 0.6 is 11.6 Å². The first-order valence-corrected chi connectivity index (χ1v) is 24.8. The number of carbonyl (C=O) groups is 1. The zero-order valence-electron chi connectivity index (χ0n) is 30.0. The predicted octanol–water partition coefficient (Wildman–Crippen LogP) is 8.99. The quantitative estimate of drug-likeness (QED) is 0.159. The summed E-state index contributed by atoms with van der Waals surface area (Å²) < 4.78 is 27.5. The fourth-order valence-electron chi connectivity index (χ4n) is 4.32. The Morgan fingerprint density at radius 1 is 0.977 bits per heavy atom. The van der Waals surface area contributed by atoms with E-state index in [1.54, 1.807) is 6.20 Å². The molecule has 1 fully saturated rings. The van der Waals surface area contributed by atoms with Gasteiger partial charge in [0.15, 0.2) is 24.9 Å². The highest BCUT2D eigenvalue weighted by Crippen LogP contribution is 2.44. The number of anilines is 1. The summed E-state index contributed by atoms with van der Waals surface area (Å²) in [6.07, 6.45) is 1.38. The molecule has 1 aliphatic rings. The second kappa shape index (κ2) is 12.4. The van der Waals surface area contributed by atoms with Gasteiger partial charge in [-0.2, -0.15) is 4.98 Å². The molecule has 0 saturated carbocycles. The summed E-state index contributed by atoms with van der Waals surface area (Å²) >= 11 is 6.80. The van der Waals surface area contributed by atoms with Crippen LogP contribution in [0.15, 0.2) is 6.20 Å². The topological polar surface area (TPSA) is 96.7 Å². The van der Waals surface area contributed by atoms with E-state index in [9.17, 15) is 4.79 Å². The summed E-state index contributed by atoms with van der Waals surface area (Å²) in [5.41, 5.74) is 0.825. The molecule has 3 atom stereocenters. The Kier molecular flexibility index (Phi) is 10.5. The maximum atomic E-state index is 13.0. The Morgan fingerprint density at radius 3 is 2.05 bits per heavy atom. The van der Waals surface area contributed by atoms with Crippen LogP contribution in [0.5, 0.6) is 0 Å². The van der Waals surface area contributed by atoms with Gasteiger partial charge in [0, 0.05) is 12.6 Å². The monoisotopic (exact) mass is 684 g/mol. The van der Waals surface area contributed by atoms with Crippen molar-refractivity contribution >= 4 is 59.4 Å². The molecule has 2 aromatic rings. The molecule has 0 spiro atoms. The van der Waals surface area contributed by atoms with Crippen LogP contribution in [-0.4, -0.2) is 71.3 Å². The highest BCUT2D eigenvalue weighted by atomic mass is 35.5. The van der Waals surface area contributed by atoms with Crippen LogP contribution in [0.1, 0.15) is 85.3 Å². The zero-order valence-corrected chi connectivity index (χ0v) is 33.7. The van der Waals surface area contributed by atoms with Crippen molar-refractivity contribution in [1.82, 2.24) is 14.5 Å². The first-order chi connectivity index (χ1) is 19.7. The number of nitrogens with one attached hydrogen (secondary N) is 1. The molecule has 3 unspecified atom stereocenters. The Morgan fingerprint density at radius 2 is 1.55 bits per heavy atom. The van der Waals surface area contributed by atoms with E-state index in [1.807, 2.05) is 4.57 Å². The van der Waals surface area contributed by atoms with Gasteiger partial charge in [-0.05, 0) is 41.3 Å². The van der Waals surface area contributed by atoms with Gasteiger partial charge in [-0.15, -0.1) is 0 Å². The number of carbonyl (C=O) groups excluding carboxylic acids is 1. The number of ether oxygens (including phenoxy) is 2. The molecule has 13 heteroatoms.